The second-order valence-electron chi connectivity index (χ2n) is 8.16. The molecule has 6 nitrogen and oxygen atoms in total. The van der Waals surface area contributed by atoms with Crippen LogP contribution in [0, 0.1) is 5.92 Å². The minimum absolute atomic E-state index is 0.0715. The van der Waals surface area contributed by atoms with Gasteiger partial charge in [-0.05, 0) is 44.2 Å². The maximum absolute atomic E-state index is 12.9. The highest BCUT2D eigenvalue weighted by Gasteiger charge is 2.33. The fourth-order valence-electron chi connectivity index (χ4n) is 3.85. The molecular formula is C21H29N3O3S. The first kappa shape index (κ1) is 19.6. The molecule has 28 heavy (non-hydrogen) atoms. The molecule has 1 atom stereocenters. The molecule has 1 saturated carbocycles. The molecule has 0 bridgehead atoms. The third-order valence-electron chi connectivity index (χ3n) is 5.47. The third kappa shape index (κ3) is 4.82. The first-order valence-electron chi connectivity index (χ1n) is 10.1. The van der Waals surface area contributed by atoms with E-state index in [9.17, 15) is 8.42 Å². The minimum Gasteiger partial charge on any atom is -0.376 e. The molecule has 2 aliphatic rings. The van der Waals surface area contributed by atoms with Crippen LogP contribution in [0.2, 0.25) is 0 Å². The highest BCUT2D eigenvalue weighted by molar-refractivity contribution is 7.91. The van der Waals surface area contributed by atoms with Gasteiger partial charge in [0, 0.05) is 19.7 Å². The Morgan fingerprint density at radius 2 is 1.96 bits per heavy atom. The van der Waals surface area contributed by atoms with Gasteiger partial charge in [0.1, 0.15) is 0 Å². The van der Waals surface area contributed by atoms with Gasteiger partial charge in [0.05, 0.1) is 30.3 Å². The summed E-state index contributed by atoms with van der Waals surface area (Å²) in [4.78, 5) is 6.55. The zero-order chi connectivity index (χ0) is 19.6. The van der Waals surface area contributed by atoms with Crippen LogP contribution in [-0.4, -0.2) is 48.4 Å². The van der Waals surface area contributed by atoms with Crippen molar-refractivity contribution < 1.29 is 13.2 Å². The van der Waals surface area contributed by atoms with Crippen molar-refractivity contribution in [2.75, 3.05) is 19.4 Å². The number of rotatable bonds is 9. The minimum atomic E-state index is -3.37. The second-order valence-corrected chi connectivity index (χ2v) is 10.1. The van der Waals surface area contributed by atoms with Crippen LogP contribution < -0.4 is 0 Å². The Hall–Kier alpha value is -1.70. The molecule has 1 saturated heterocycles. The molecule has 7 heteroatoms. The van der Waals surface area contributed by atoms with E-state index >= 15 is 0 Å². The maximum Gasteiger partial charge on any atom is 0.227 e. The van der Waals surface area contributed by atoms with Gasteiger partial charge in [0.25, 0.3) is 0 Å². The van der Waals surface area contributed by atoms with Gasteiger partial charge in [-0.1, -0.05) is 30.3 Å². The summed E-state index contributed by atoms with van der Waals surface area (Å²) in [7, 11) is -1.32. The van der Waals surface area contributed by atoms with E-state index in [-0.39, 0.29) is 17.0 Å². The molecule has 2 aromatic rings. The van der Waals surface area contributed by atoms with Gasteiger partial charge in [0.15, 0.2) is 0 Å². The van der Waals surface area contributed by atoms with Crippen molar-refractivity contribution >= 4 is 9.84 Å². The lowest BCUT2D eigenvalue weighted by atomic mass is 10.2. The number of ether oxygens (including phenoxy) is 1. The lowest BCUT2D eigenvalue weighted by Crippen LogP contribution is -2.25. The zero-order valence-corrected chi connectivity index (χ0v) is 17.3. The zero-order valence-electron chi connectivity index (χ0n) is 16.5. The van der Waals surface area contributed by atoms with Crippen LogP contribution >= 0.6 is 0 Å². The first-order chi connectivity index (χ1) is 13.5. The van der Waals surface area contributed by atoms with Gasteiger partial charge in [0.2, 0.25) is 15.0 Å². The molecule has 1 aliphatic heterocycles. The molecule has 2 heterocycles. The van der Waals surface area contributed by atoms with Crippen molar-refractivity contribution in [1.82, 2.24) is 14.5 Å². The number of sulfone groups is 1. The fourth-order valence-corrected chi connectivity index (χ4v) is 5.69. The fraction of sp³-hybridized carbons (Fsp3) is 0.571. The van der Waals surface area contributed by atoms with E-state index in [1.807, 2.05) is 22.8 Å². The number of hydrogen-bond acceptors (Lipinski definition) is 5. The summed E-state index contributed by atoms with van der Waals surface area (Å²) in [6, 6.07) is 10.3. The van der Waals surface area contributed by atoms with Crippen molar-refractivity contribution in [1.29, 1.82) is 0 Å². The summed E-state index contributed by atoms with van der Waals surface area (Å²) in [6.07, 6.45) is 5.83. The van der Waals surface area contributed by atoms with E-state index < -0.39 is 9.84 Å². The lowest BCUT2D eigenvalue weighted by Gasteiger charge is -2.20. The van der Waals surface area contributed by atoms with Crippen LogP contribution in [0.1, 0.15) is 36.9 Å². The Balaban J connectivity index is 1.55. The van der Waals surface area contributed by atoms with Gasteiger partial charge in [-0.15, -0.1) is 0 Å². The highest BCUT2D eigenvalue weighted by Crippen LogP contribution is 2.32. The second kappa shape index (κ2) is 8.35. The first-order valence-corrected chi connectivity index (χ1v) is 11.8. The standard InChI is InChI=1S/C21H29N3O3S/c1-23(13-17-6-3-2-4-7-17)14-19-12-22-21(28(25,26)16-18-9-10-18)24(19)15-20-8-5-11-27-20/h2-4,6-7,12,18,20H,5,8-11,13-16H2,1H3. The molecule has 152 valence electrons. The van der Waals surface area contributed by atoms with E-state index in [1.54, 1.807) is 6.20 Å². The molecule has 1 unspecified atom stereocenters. The molecule has 0 N–H and O–H groups in total. The van der Waals surface area contributed by atoms with Gasteiger partial charge < -0.3 is 9.30 Å². The monoisotopic (exact) mass is 403 g/mol. The number of hydrogen-bond donors (Lipinski definition) is 0. The Labute approximate surface area is 167 Å². The van der Waals surface area contributed by atoms with Crippen LogP contribution in [0.15, 0.2) is 41.7 Å². The Kier molecular flexibility index (Phi) is 5.85. The van der Waals surface area contributed by atoms with E-state index in [1.165, 1.54) is 5.56 Å². The molecule has 1 aromatic heterocycles. The molecule has 0 amide bonds. The summed E-state index contributed by atoms with van der Waals surface area (Å²) in [5, 5.41) is 0.220. The van der Waals surface area contributed by atoms with Crippen molar-refractivity contribution in [2.45, 2.75) is 56.6 Å². The number of nitrogens with zero attached hydrogens (tertiary/aromatic N) is 3. The van der Waals surface area contributed by atoms with Crippen LogP contribution in [-0.2, 0) is 34.2 Å². The lowest BCUT2D eigenvalue weighted by molar-refractivity contribution is 0.0934. The van der Waals surface area contributed by atoms with Gasteiger partial charge in [-0.2, -0.15) is 0 Å². The summed E-state index contributed by atoms with van der Waals surface area (Å²) in [5.74, 6) is 0.525. The molecule has 1 aromatic carbocycles. The Bertz CT molecular complexity index is 885. The molecular weight excluding hydrogens is 374 g/mol. The highest BCUT2D eigenvalue weighted by atomic mass is 32.2. The Morgan fingerprint density at radius 1 is 1.18 bits per heavy atom. The van der Waals surface area contributed by atoms with E-state index in [2.05, 4.69) is 29.1 Å². The number of imidazole rings is 1. The van der Waals surface area contributed by atoms with Crippen molar-refractivity contribution in [3.05, 3.63) is 47.8 Å². The topological polar surface area (TPSA) is 64.4 Å². The molecule has 4 rings (SSSR count). The van der Waals surface area contributed by atoms with E-state index in [0.29, 0.717) is 19.0 Å². The molecule has 1 aliphatic carbocycles. The van der Waals surface area contributed by atoms with Crippen LogP contribution in [0.3, 0.4) is 0 Å². The molecule has 0 spiro atoms. The van der Waals surface area contributed by atoms with Gasteiger partial charge in [-0.25, -0.2) is 13.4 Å². The smallest absolute Gasteiger partial charge is 0.227 e. The summed E-state index contributed by atoms with van der Waals surface area (Å²) < 4.78 is 33.5. The molecule has 2 fully saturated rings. The maximum atomic E-state index is 12.9. The SMILES string of the molecule is CN(Cc1ccccc1)Cc1cnc(S(=O)(=O)CC2CC2)n1CC1CCCO1. The predicted molar refractivity (Wildman–Crippen MR) is 108 cm³/mol. The number of aromatic nitrogens is 2. The average Bonchev–Trinajstić information content (AvgIpc) is 3.15. The summed E-state index contributed by atoms with van der Waals surface area (Å²) in [6.45, 7) is 2.77. The van der Waals surface area contributed by atoms with Crippen molar-refractivity contribution in [2.24, 2.45) is 5.92 Å². The summed E-state index contributed by atoms with van der Waals surface area (Å²) >= 11 is 0. The Morgan fingerprint density at radius 3 is 2.64 bits per heavy atom. The van der Waals surface area contributed by atoms with E-state index in [4.69, 9.17) is 4.74 Å². The average molecular weight is 404 g/mol. The number of benzene rings is 1. The van der Waals surface area contributed by atoms with Crippen LogP contribution in [0.25, 0.3) is 0 Å². The van der Waals surface area contributed by atoms with Crippen LogP contribution in [0.5, 0.6) is 0 Å². The third-order valence-corrected chi connectivity index (χ3v) is 7.26. The van der Waals surface area contributed by atoms with E-state index in [0.717, 1.165) is 44.5 Å². The normalized spacial score (nSPS) is 20.1. The van der Waals surface area contributed by atoms with Gasteiger partial charge >= 0.3 is 0 Å². The van der Waals surface area contributed by atoms with Crippen LogP contribution in [0.4, 0.5) is 0 Å². The quantitative estimate of drug-likeness (QED) is 0.644. The van der Waals surface area contributed by atoms with Gasteiger partial charge in [-0.3, -0.25) is 4.90 Å². The molecule has 0 radical (unpaired) electrons. The predicted octanol–water partition coefficient (Wildman–Crippen LogP) is 2.88. The largest absolute Gasteiger partial charge is 0.376 e. The van der Waals surface area contributed by atoms with Crippen molar-refractivity contribution in [3.8, 4) is 0 Å². The summed E-state index contributed by atoms with van der Waals surface area (Å²) in [5.41, 5.74) is 2.17. The van der Waals surface area contributed by atoms with Crippen molar-refractivity contribution in [3.63, 3.8) is 0 Å².